The molecule has 0 radical (unpaired) electrons. The first-order valence-corrected chi connectivity index (χ1v) is 6.70. The molecule has 1 aliphatic carbocycles. The molecule has 1 fully saturated rings. The van der Waals surface area contributed by atoms with Crippen LogP contribution in [-0.4, -0.2) is 23.8 Å². The van der Waals surface area contributed by atoms with Crippen molar-refractivity contribution in [3.05, 3.63) is 34.3 Å². The fourth-order valence-electron chi connectivity index (χ4n) is 2.19. The minimum absolute atomic E-state index is 0.0585. The zero-order chi connectivity index (χ0) is 13.3. The Morgan fingerprint density at radius 3 is 2.72 bits per heavy atom. The Labute approximate surface area is 113 Å². The first-order chi connectivity index (χ1) is 8.49. The molecular weight excluding hydrogens is 246 g/mol. The molecule has 0 saturated heterocycles. The lowest BCUT2D eigenvalue weighted by Crippen LogP contribution is -2.30. The van der Waals surface area contributed by atoms with Crippen LogP contribution in [0.15, 0.2) is 18.2 Å². The molecule has 1 saturated carbocycles. The van der Waals surface area contributed by atoms with Crippen molar-refractivity contribution in [3.8, 4) is 0 Å². The molecule has 1 aromatic rings. The average molecular weight is 266 g/mol. The molecule has 1 aliphatic rings. The number of nitrogens with one attached hydrogen (secondary N) is 1. The third kappa shape index (κ3) is 3.03. The maximum atomic E-state index is 7.39. The monoisotopic (exact) mass is 265 g/mol. The van der Waals surface area contributed by atoms with Crippen molar-refractivity contribution in [1.82, 2.24) is 4.90 Å². The molecule has 1 aromatic carbocycles. The fraction of sp³-hybridized carbons (Fsp3) is 0.500. The smallest absolute Gasteiger partial charge is 0.122 e. The zero-order valence-electron chi connectivity index (χ0n) is 10.9. The van der Waals surface area contributed by atoms with Crippen molar-refractivity contribution in [2.45, 2.75) is 32.4 Å². The van der Waals surface area contributed by atoms with Crippen molar-refractivity contribution in [2.75, 3.05) is 7.05 Å². The Hall–Kier alpha value is -1.06. The minimum atomic E-state index is 0.0585. The molecule has 3 N–H and O–H groups in total. The molecule has 1 atom stereocenters. The van der Waals surface area contributed by atoms with E-state index in [9.17, 15) is 0 Å². The third-order valence-corrected chi connectivity index (χ3v) is 4.14. The summed E-state index contributed by atoms with van der Waals surface area (Å²) in [5.74, 6) is 0.911. The normalized spacial score (nSPS) is 16.9. The molecule has 0 aromatic heterocycles. The molecule has 0 heterocycles. The van der Waals surface area contributed by atoms with Crippen molar-refractivity contribution >= 4 is 17.4 Å². The standard InChI is InChI=1S/C14H20ClN3/c1-9(10-3-4-10)18(2)8-12-6-5-11(14(16)17)7-13(12)15/h5-7,9-10H,3-4,8H2,1-2H3,(H3,16,17). The third-order valence-electron chi connectivity index (χ3n) is 3.78. The van der Waals surface area contributed by atoms with Gasteiger partial charge >= 0.3 is 0 Å². The van der Waals surface area contributed by atoms with Crippen molar-refractivity contribution < 1.29 is 0 Å². The minimum Gasteiger partial charge on any atom is -0.384 e. The van der Waals surface area contributed by atoms with Crippen LogP contribution in [0.3, 0.4) is 0 Å². The van der Waals surface area contributed by atoms with E-state index in [0.29, 0.717) is 16.6 Å². The Balaban J connectivity index is 2.06. The lowest BCUT2D eigenvalue weighted by atomic mass is 10.1. The van der Waals surface area contributed by atoms with E-state index in [2.05, 4.69) is 18.9 Å². The van der Waals surface area contributed by atoms with Gasteiger partial charge in [0.2, 0.25) is 0 Å². The maximum absolute atomic E-state index is 7.39. The quantitative estimate of drug-likeness (QED) is 0.635. The van der Waals surface area contributed by atoms with E-state index < -0.39 is 0 Å². The molecule has 3 nitrogen and oxygen atoms in total. The molecule has 18 heavy (non-hydrogen) atoms. The number of rotatable bonds is 5. The Bertz CT molecular complexity index is 454. The molecular formula is C14H20ClN3. The van der Waals surface area contributed by atoms with Gasteiger partial charge in [0.1, 0.15) is 5.84 Å². The number of amidine groups is 1. The predicted molar refractivity (Wildman–Crippen MR) is 76.1 cm³/mol. The van der Waals surface area contributed by atoms with Crippen LogP contribution >= 0.6 is 11.6 Å². The van der Waals surface area contributed by atoms with E-state index >= 15 is 0 Å². The van der Waals surface area contributed by atoms with Crippen LogP contribution in [0.2, 0.25) is 5.02 Å². The van der Waals surface area contributed by atoms with Crippen LogP contribution in [0.1, 0.15) is 30.9 Å². The van der Waals surface area contributed by atoms with Gasteiger partial charge in [-0.25, -0.2) is 0 Å². The molecule has 0 spiro atoms. The fourth-order valence-corrected chi connectivity index (χ4v) is 2.43. The van der Waals surface area contributed by atoms with Gasteiger partial charge in [-0.3, -0.25) is 10.3 Å². The molecule has 2 rings (SSSR count). The van der Waals surface area contributed by atoms with Crippen LogP contribution in [0.4, 0.5) is 0 Å². The summed E-state index contributed by atoms with van der Waals surface area (Å²) in [6.45, 7) is 3.12. The summed E-state index contributed by atoms with van der Waals surface area (Å²) in [7, 11) is 2.14. The van der Waals surface area contributed by atoms with E-state index in [1.807, 2.05) is 12.1 Å². The number of nitrogens with two attached hydrogens (primary N) is 1. The molecule has 4 heteroatoms. The topological polar surface area (TPSA) is 53.1 Å². The lowest BCUT2D eigenvalue weighted by Gasteiger charge is -2.25. The zero-order valence-corrected chi connectivity index (χ0v) is 11.7. The summed E-state index contributed by atoms with van der Waals surface area (Å²) in [4.78, 5) is 2.34. The second-order valence-electron chi connectivity index (χ2n) is 5.21. The molecule has 0 amide bonds. The highest BCUT2D eigenvalue weighted by molar-refractivity contribution is 6.31. The largest absolute Gasteiger partial charge is 0.384 e. The number of nitrogens with zero attached hydrogens (tertiary/aromatic N) is 1. The van der Waals surface area contributed by atoms with Crippen LogP contribution in [0, 0.1) is 11.3 Å². The van der Waals surface area contributed by atoms with Crippen LogP contribution in [0.25, 0.3) is 0 Å². The second-order valence-corrected chi connectivity index (χ2v) is 5.62. The van der Waals surface area contributed by atoms with Crippen molar-refractivity contribution in [2.24, 2.45) is 11.7 Å². The maximum Gasteiger partial charge on any atom is 0.122 e. The summed E-state index contributed by atoms with van der Waals surface area (Å²) < 4.78 is 0. The van der Waals surface area contributed by atoms with Gasteiger partial charge in [-0.15, -0.1) is 0 Å². The van der Waals surface area contributed by atoms with E-state index in [-0.39, 0.29) is 5.84 Å². The van der Waals surface area contributed by atoms with Gasteiger partial charge in [0.15, 0.2) is 0 Å². The number of nitrogen functional groups attached to an aromatic ring is 1. The van der Waals surface area contributed by atoms with E-state index in [0.717, 1.165) is 18.0 Å². The van der Waals surface area contributed by atoms with Gasteiger partial charge in [-0.05, 0) is 44.4 Å². The predicted octanol–water partition coefficient (Wildman–Crippen LogP) is 2.85. The van der Waals surface area contributed by atoms with Crippen LogP contribution < -0.4 is 5.73 Å². The summed E-state index contributed by atoms with van der Waals surface area (Å²) in [6.07, 6.45) is 2.70. The van der Waals surface area contributed by atoms with Crippen LogP contribution in [0.5, 0.6) is 0 Å². The van der Waals surface area contributed by atoms with Gasteiger partial charge in [0.25, 0.3) is 0 Å². The van der Waals surface area contributed by atoms with Gasteiger partial charge in [0, 0.05) is 23.2 Å². The first kappa shape index (κ1) is 13.4. The summed E-state index contributed by atoms with van der Waals surface area (Å²) in [6, 6.07) is 6.21. The number of halogens is 1. The van der Waals surface area contributed by atoms with Crippen LogP contribution in [-0.2, 0) is 6.54 Å². The van der Waals surface area contributed by atoms with E-state index in [1.165, 1.54) is 12.8 Å². The average Bonchev–Trinajstić information content (AvgIpc) is 3.14. The Kier molecular flexibility index (Phi) is 3.93. The highest BCUT2D eigenvalue weighted by atomic mass is 35.5. The summed E-state index contributed by atoms with van der Waals surface area (Å²) in [5.41, 5.74) is 7.22. The van der Waals surface area contributed by atoms with Gasteiger partial charge in [0.05, 0.1) is 0 Å². The molecule has 1 unspecified atom stereocenters. The SMILES string of the molecule is CC(C1CC1)N(C)Cc1ccc(C(=N)N)cc1Cl. The first-order valence-electron chi connectivity index (χ1n) is 6.32. The molecule has 0 bridgehead atoms. The van der Waals surface area contributed by atoms with Crippen molar-refractivity contribution in [3.63, 3.8) is 0 Å². The number of hydrogen-bond acceptors (Lipinski definition) is 2. The Morgan fingerprint density at radius 1 is 1.56 bits per heavy atom. The summed E-state index contributed by atoms with van der Waals surface area (Å²) >= 11 is 6.24. The highest BCUT2D eigenvalue weighted by Gasteiger charge is 2.30. The number of benzene rings is 1. The summed E-state index contributed by atoms with van der Waals surface area (Å²) in [5, 5.41) is 8.08. The molecule has 98 valence electrons. The highest BCUT2D eigenvalue weighted by Crippen LogP contribution is 2.35. The number of hydrogen-bond donors (Lipinski definition) is 2. The van der Waals surface area contributed by atoms with E-state index in [4.69, 9.17) is 22.7 Å². The van der Waals surface area contributed by atoms with E-state index in [1.54, 1.807) is 6.07 Å². The lowest BCUT2D eigenvalue weighted by molar-refractivity contribution is 0.226. The second kappa shape index (κ2) is 5.29. The van der Waals surface area contributed by atoms with Gasteiger partial charge in [-0.1, -0.05) is 23.7 Å². The Morgan fingerprint density at radius 2 is 2.22 bits per heavy atom. The van der Waals surface area contributed by atoms with Gasteiger partial charge in [-0.2, -0.15) is 0 Å². The van der Waals surface area contributed by atoms with Gasteiger partial charge < -0.3 is 5.73 Å². The van der Waals surface area contributed by atoms with Crippen molar-refractivity contribution in [1.29, 1.82) is 5.41 Å². The molecule has 0 aliphatic heterocycles.